The molecule has 0 aromatic carbocycles. The zero-order chi connectivity index (χ0) is 7.91. The smallest absolute Gasteiger partial charge is 0.286 e. The minimum absolute atomic E-state index is 0.132. The SMILES string of the molecule is CCCS(=O)(=O)O.O=[PH2+]. The highest BCUT2D eigenvalue weighted by molar-refractivity contribution is 7.85. The fourth-order valence-electron chi connectivity index (χ4n) is 0.258. The normalized spacial score (nSPS) is 9.56. The first-order chi connectivity index (χ1) is 4.06. The van der Waals surface area contributed by atoms with E-state index in [0.29, 0.717) is 6.42 Å². The van der Waals surface area contributed by atoms with Gasteiger partial charge in [0.15, 0.2) is 0 Å². The molecule has 0 aliphatic carbocycles. The quantitative estimate of drug-likeness (QED) is 0.487. The highest BCUT2D eigenvalue weighted by Gasteiger charge is 1.98. The Morgan fingerprint density at radius 2 is 1.78 bits per heavy atom. The number of rotatable bonds is 2. The molecular formula is C3H10O4PS+. The molecule has 0 saturated carbocycles. The maximum absolute atomic E-state index is 9.79. The number of hydrogen-bond acceptors (Lipinski definition) is 3. The molecule has 56 valence electrons. The molecule has 1 N–H and O–H groups in total. The molecule has 1 atom stereocenters. The van der Waals surface area contributed by atoms with Crippen molar-refractivity contribution in [2.75, 3.05) is 5.75 Å². The van der Waals surface area contributed by atoms with Gasteiger partial charge in [-0.3, -0.25) is 4.55 Å². The van der Waals surface area contributed by atoms with E-state index in [2.05, 4.69) is 0 Å². The van der Waals surface area contributed by atoms with Crippen molar-refractivity contribution in [1.29, 1.82) is 0 Å². The fraction of sp³-hybridized carbons (Fsp3) is 1.00. The van der Waals surface area contributed by atoms with E-state index < -0.39 is 10.1 Å². The highest BCUT2D eigenvalue weighted by Crippen LogP contribution is 1.83. The standard InChI is InChI=1S/C3H8O3S.H2OP/c1-2-3-7(4,5)6;1-2/h2-3H2,1H3,(H,4,5,6);2H2/q;+1. The summed E-state index contributed by atoms with van der Waals surface area (Å²) in [6, 6.07) is 0. The van der Waals surface area contributed by atoms with E-state index >= 15 is 0 Å². The van der Waals surface area contributed by atoms with Crippen LogP contribution in [-0.2, 0) is 14.7 Å². The third kappa shape index (κ3) is 18.0. The van der Waals surface area contributed by atoms with Gasteiger partial charge in [0, 0.05) is 0 Å². The van der Waals surface area contributed by atoms with E-state index in [4.69, 9.17) is 9.12 Å². The van der Waals surface area contributed by atoms with E-state index in [1.54, 1.807) is 6.92 Å². The van der Waals surface area contributed by atoms with E-state index in [-0.39, 0.29) is 5.75 Å². The molecule has 0 radical (unpaired) electrons. The predicted octanol–water partition coefficient (Wildman–Crippen LogP) is 0.491. The van der Waals surface area contributed by atoms with Gasteiger partial charge >= 0.3 is 9.12 Å². The average molecular weight is 173 g/mol. The van der Waals surface area contributed by atoms with Crippen molar-refractivity contribution < 1.29 is 17.5 Å². The fourth-order valence-corrected chi connectivity index (χ4v) is 0.774. The van der Waals surface area contributed by atoms with Gasteiger partial charge in [0.25, 0.3) is 10.1 Å². The second-order valence-corrected chi connectivity index (χ2v) is 2.86. The van der Waals surface area contributed by atoms with Crippen LogP contribution in [0, 0.1) is 0 Å². The van der Waals surface area contributed by atoms with Crippen molar-refractivity contribution in [2.24, 2.45) is 0 Å². The summed E-state index contributed by atoms with van der Waals surface area (Å²) in [5.41, 5.74) is 0. The Bertz CT molecular complexity index is 140. The molecule has 0 fully saturated rings. The van der Waals surface area contributed by atoms with Crippen molar-refractivity contribution in [3.05, 3.63) is 0 Å². The third-order valence-electron chi connectivity index (χ3n) is 0.462. The Labute approximate surface area is 56.6 Å². The maximum atomic E-state index is 9.79. The molecule has 0 spiro atoms. The lowest BCUT2D eigenvalue weighted by Crippen LogP contribution is -2.01. The maximum Gasteiger partial charge on any atom is 0.310 e. The summed E-state index contributed by atoms with van der Waals surface area (Å²) in [5.74, 6) is -0.132. The first kappa shape index (κ1) is 11.8. The van der Waals surface area contributed by atoms with Gasteiger partial charge in [-0.1, -0.05) is 11.5 Å². The minimum Gasteiger partial charge on any atom is -0.286 e. The van der Waals surface area contributed by atoms with Crippen LogP contribution in [0.25, 0.3) is 0 Å². The molecule has 0 rings (SSSR count). The lowest BCUT2D eigenvalue weighted by atomic mass is 10.6. The Balaban J connectivity index is 0. The molecule has 0 aromatic rings. The lowest BCUT2D eigenvalue weighted by Gasteiger charge is -1.85. The number of hydrogen-bond donors (Lipinski definition) is 1. The van der Waals surface area contributed by atoms with E-state index in [1.165, 1.54) is 9.12 Å². The molecule has 6 heteroatoms. The summed E-state index contributed by atoms with van der Waals surface area (Å²) >= 11 is 0. The monoisotopic (exact) mass is 173 g/mol. The highest BCUT2D eigenvalue weighted by atomic mass is 32.2. The largest absolute Gasteiger partial charge is 0.310 e. The molecule has 0 aliphatic heterocycles. The summed E-state index contributed by atoms with van der Waals surface area (Å²) in [5, 5.41) is 0. The van der Waals surface area contributed by atoms with Crippen LogP contribution in [0.3, 0.4) is 0 Å². The molecule has 9 heavy (non-hydrogen) atoms. The molecular weight excluding hydrogens is 163 g/mol. The Morgan fingerprint density at radius 1 is 1.44 bits per heavy atom. The Morgan fingerprint density at radius 3 is 1.78 bits per heavy atom. The van der Waals surface area contributed by atoms with Crippen LogP contribution in [0.5, 0.6) is 0 Å². The molecule has 0 aromatic heterocycles. The van der Waals surface area contributed by atoms with Gasteiger partial charge in [0.2, 0.25) is 0 Å². The molecule has 1 unspecified atom stereocenters. The summed E-state index contributed by atoms with van der Waals surface area (Å²) in [4.78, 5) is 0. The second kappa shape index (κ2) is 6.13. The lowest BCUT2D eigenvalue weighted by molar-refractivity contribution is 0.482. The van der Waals surface area contributed by atoms with Gasteiger partial charge in [0.1, 0.15) is 0 Å². The van der Waals surface area contributed by atoms with Crippen LogP contribution in [0.15, 0.2) is 0 Å². The van der Waals surface area contributed by atoms with Crippen molar-refractivity contribution in [1.82, 2.24) is 0 Å². The first-order valence-electron chi connectivity index (χ1n) is 2.25. The first-order valence-corrected chi connectivity index (χ1v) is 4.33. The summed E-state index contributed by atoms with van der Waals surface area (Å²) in [6.45, 7) is 1.69. The van der Waals surface area contributed by atoms with E-state index in [1.807, 2.05) is 0 Å². The van der Waals surface area contributed by atoms with E-state index in [0.717, 1.165) is 0 Å². The predicted molar refractivity (Wildman–Crippen MR) is 37.1 cm³/mol. The van der Waals surface area contributed by atoms with Crippen molar-refractivity contribution in [3.63, 3.8) is 0 Å². The zero-order valence-corrected chi connectivity index (χ0v) is 7.04. The average Bonchev–Trinajstić information content (AvgIpc) is 1.69. The molecule has 0 bridgehead atoms. The topological polar surface area (TPSA) is 71.4 Å². The van der Waals surface area contributed by atoms with Gasteiger partial charge in [-0.05, 0) is 6.42 Å². The Hall–Kier alpha value is 0.01000. The van der Waals surface area contributed by atoms with Crippen LogP contribution in [-0.4, -0.2) is 18.7 Å². The Kier molecular flexibility index (Phi) is 8.02. The molecule has 0 saturated heterocycles. The van der Waals surface area contributed by atoms with Crippen LogP contribution in [0.4, 0.5) is 0 Å². The van der Waals surface area contributed by atoms with Crippen LogP contribution in [0.1, 0.15) is 13.3 Å². The van der Waals surface area contributed by atoms with Crippen molar-refractivity contribution >= 4 is 19.2 Å². The molecule has 0 amide bonds. The van der Waals surface area contributed by atoms with Gasteiger partial charge in [-0.15, -0.1) is 0 Å². The van der Waals surface area contributed by atoms with Crippen molar-refractivity contribution in [2.45, 2.75) is 13.3 Å². The molecule has 4 nitrogen and oxygen atoms in total. The van der Waals surface area contributed by atoms with E-state index in [9.17, 15) is 8.42 Å². The minimum atomic E-state index is -3.67. The third-order valence-corrected chi connectivity index (χ3v) is 1.39. The molecule has 0 aliphatic rings. The van der Waals surface area contributed by atoms with Gasteiger partial charge in [-0.25, -0.2) is 0 Å². The van der Waals surface area contributed by atoms with Gasteiger partial charge in [-0.2, -0.15) is 8.42 Å². The molecule has 0 heterocycles. The summed E-state index contributed by atoms with van der Waals surface area (Å²) < 4.78 is 35.7. The summed E-state index contributed by atoms with van der Waals surface area (Å²) in [6.07, 6.45) is 0.471. The van der Waals surface area contributed by atoms with Crippen LogP contribution in [0.2, 0.25) is 0 Å². The zero-order valence-electron chi connectivity index (χ0n) is 5.07. The second-order valence-electron chi connectivity index (χ2n) is 1.29. The van der Waals surface area contributed by atoms with Crippen LogP contribution >= 0.6 is 9.12 Å². The van der Waals surface area contributed by atoms with Crippen molar-refractivity contribution in [3.8, 4) is 0 Å². The summed E-state index contributed by atoms with van der Waals surface area (Å²) in [7, 11) is -2.51. The van der Waals surface area contributed by atoms with Gasteiger partial charge in [0.05, 0.1) is 5.75 Å². The van der Waals surface area contributed by atoms with Gasteiger partial charge < -0.3 is 0 Å². The van der Waals surface area contributed by atoms with Crippen LogP contribution < -0.4 is 0 Å².